The van der Waals surface area contributed by atoms with E-state index in [1.54, 1.807) is 7.05 Å². The number of carbonyl (C=O) groups excluding carboxylic acids is 1. The number of pyridine rings is 1. The third-order valence-corrected chi connectivity index (χ3v) is 4.23. The van der Waals surface area contributed by atoms with Crippen LogP contribution in [0.2, 0.25) is 0 Å². The van der Waals surface area contributed by atoms with E-state index in [1.807, 2.05) is 42.5 Å². The summed E-state index contributed by atoms with van der Waals surface area (Å²) in [6.45, 7) is 2.80. The molecule has 0 atom stereocenters. The van der Waals surface area contributed by atoms with Crippen LogP contribution in [0.25, 0.3) is 11.3 Å². The third kappa shape index (κ3) is 4.28. The van der Waals surface area contributed by atoms with Crippen molar-refractivity contribution in [1.82, 2.24) is 10.3 Å². The number of benzene rings is 2. The molecule has 1 amide bonds. The van der Waals surface area contributed by atoms with Crippen LogP contribution in [0.15, 0.2) is 66.7 Å². The molecule has 0 unspecified atom stereocenters. The van der Waals surface area contributed by atoms with Crippen molar-refractivity contribution in [3.63, 3.8) is 0 Å². The number of hydrogen-bond donors (Lipinski definition) is 2. The van der Waals surface area contributed by atoms with E-state index >= 15 is 0 Å². The second-order valence-electron chi connectivity index (χ2n) is 6.20. The molecule has 132 valence electrons. The van der Waals surface area contributed by atoms with Crippen LogP contribution in [0.1, 0.15) is 21.5 Å². The molecule has 0 radical (unpaired) electrons. The standard InChI is InChI=1S/C22H23N3O/c1-16-7-6-8-17(15-16)13-14-24-21-19(22(26)23-2)11-12-20(25-21)18-9-4-3-5-10-18/h3-12,15H,13-14H2,1-2H3,(H,23,26)(H,24,25). The van der Waals surface area contributed by atoms with Crippen molar-refractivity contribution in [3.8, 4) is 11.3 Å². The number of hydrogen-bond acceptors (Lipinski definition) is 3. The van der Waals surface area contributed by atoms with Crippen LogP contribution >= 0.6 is 0 Å². The lowest BCUT2D eigenvalue weighted by molar-refractivity contribution is 0.0963. The quantitative estimate of drug-likeness (QED) is 0.708. The van der Waals surface area contributed by atoms with Gasteiger partial charge < -0.3 is 10.6 Å². The maximum atomic E-state index is 12.2. The fourth-order valence-corrected chi connectivity index (χ4v) is 2.87. The third-order valence-electron chi connectivity index (χ3n) is 4.23. The number of amides is 1. The molecule has 0 saturated carbocycles. The summed E-state index contributed by atoms with van der Waals surface area (Å²) in [5.41, 5.74) is 4.93. The Hall–Kier alpha value is -3.14. The molecule has 1 heterocycles. The molecule has 2 aromatic carbocycles. The molecule has 0 aliphatic rings. The van der Waals surface area contributed by atoms with Crippen LogP contribution in [-0.2, 0) is 6.42 Å². The highest BCUT2D eigenvalue weighted by molar-refractivity contribution is 5.99. The second-order valence-corrected chi connectivity index (χ2v) is 6.20. The Morgan fingerprint density at radius 2 is 1.81 bits per heavy atom. The molecular formula is C22H23N3O. The summed E-state index contributed by atoms with van der Waals surface area (Å²) >= 11 is 0. The van der Waals surface area contributed by atoms with Crippen LogP contribution in [0.4, 0.5) is 5.82 Å². The summed E-state index contributed by atoms with van der Waals surface area (Å²) in [6.07, 6.45) is 0.867. The van der Waals surface area contributed by atoms with Crippen molar-refractivity contribution >= 4 is 11.7 Å². The van der Waals surface area contributed by atoms with Gasteiger partial charge in [-0.05, 0) is 31.0 Å². The summed E-state index contributed by atoms with van der Waals surface area (Å²) in [7, 11) is 1.63. The molecule has 3 aromatic rings. The molecule has 26 heavy (non-hydrogen) atoms. The first-order valence-electron chi connectivity index (χ1n) is 8.75. The highest BCUT2D eigenvalue weighted by atomic mass is 16.1. The summed E-state index contributed by atoms with van der Waals surface area (Å²) < 4.78 is 0. The minimum Gasteiger partial charge on any atom is -0.369 e. The van der Waals surface area contributed by atoms with E-state index in [4.69, 9.17) is 0 Å². The first kappa shape index (κ1) is 17.7. The molecule has 1 aromatic heterocycles. The molecule has 3 rings (SSSR count). The van der Waals surface area contributed by atoms with Crippen LogP contribution in [-0.4, -0.2) is 24.5 Å². The average molecular weight is 345 g/mol. The minimum atomic E-state index is -0.143. The largest absolute Gasteiger partial charge is 0.369 e. The molecular weight excluding hydrogens is 322 g/mol. The van der Waals surface area contributed by atoms with E-state index in [9.17, 15) is 4.79 Å². The van der Waals surface area contributed by atoms with Gasteiger partial charge >= 0.3 is 0 Å². The number of nitrogens with one attached hydrogen (secondary N) is 2. The van der Waals surface area contributed by atoms with Gasteiger partial charge in [0.05, 0.1) is 11.3 Å². The van der Waals surface area contributed by atoms with Gasteiger partial charge in [-0.3, -0.25) is 4.79 Å². The Kier molecular flexibility index (Phi) is 5.64. The van der Waals surface area contributed by atoms with E-state index < -0.39 is 0 Å². The average Bonchev–Trinajstić information content (AvgIpc) is 2.68. The molecule has 4 nitrogen and oxygen atoms in total. The lowest BCUT2D eigenvalue weighted by Crippen LogP contribution is -2.21. The van der Waals surface area contributed by atoms with Crippen LogP contribution in [0.3, 0.4) is 0 Å². The zero-order chi connectivity index (χ0) is 18.4. The van der Waals surface area contributed by atoms with Gasteiger partial charge in [-0.1, -0.05) is 60.2 Å². The Morgan fingerprint density at radius 1 is 1.00 bits per heavy atom. The number of nitrogens with zero attached hydrogens (tertiary/aromatic N) is 1. The predicted molar refractivity (Wildman–Crippen MR) is 106 cm³/mol. The number of carbonyl (C=O) groups is 1. The Bertz CT molecular complexity index is 891. The van der Waals surface area contributed by atoms with Crippen molar-refractivity contribution in [2.45, 2.75) is 13.3 Å². The van der Waals surface area contributed by atoms with E-state index in [0.29, 0.717) is 17.9 Å². The molecule has 2 N–H and O–H groups in total. The van der Waals surface area contributed by atoms with Gasteiger partial charge in [0.2, 0.25) is 0 Å². The molecule has 0 aliphatic carbocycles. The zero-order valence-corrected chi connectivity index (χ0v) is 15.1. The van der Waals surface area contributed by atoms with Crippen LogP contribution in [0, 0.1) is 6.92 Å². The first-order chi connectivity index (χ1) is 12.7. The summed E-state index contributed by atoms with van der Waals surface area (Å²) in [5.74, 6) is 0.466. The molecule has 0 fully saturated rings. The maximum absolute atomic E-state index is 12.2. The fourth-order valence-electron chi connectivity index (χ4n) is 2.87. The summed E-state index contributed by atoms with van der Waals surface area (Å²) in [5, 5.41) is 6.01. The van der Waals surface area contributed by atoms with Crippen LogP contribution in [0.5, 0.6) is 0 Å². The van der Waals surface area contributed by atoms with E-state index in [1.165, 1.54) is 11.1 Å². The van der Waals surface area contributed by atoms with Gasteiger partial charge in [-0.2, -0.15) is 0 Å². The van der Waals surface area contributed by atoms with Gasteiger partial charge in [-0.25, -0.2) is 4.98 Å². The second kappa shape index (κ2) is 8.30. The van der Waals surface area contributed by atoms with Gasteiger partial charge in [0.1, 0.15) is 5.82 Å². The van der Waals surface area contributed by atoms with Crippen molar-refractivity contribution in [2.75, 3.05) is 18.9 Å². The number of aryl methyl sites for hydroxylation is 1. The van der Waals surface area contributed by atoms with E-state index in [2.05, 4.69) is 46.8 Å². The molecule has 0 aliphatic heterocycles. The first-order valence-corrected chi connectivity index (χ1v) is 8.75. The lowest BCUT2D eigenvalue weighted by Gasteiger charge is -2.12. The zero-order valence-electron chi connectivity index (χ0n) is 15.1. The van der Waals surface area contributed by atoms with E-state index in [-0.39, 0.29) is 5.91 Å². The Balaban J connectivity index is 1.81. The highest BCUT2D eigenvalue weighted by Gasteiger charge is 2.13. The summed E-state index contributed by atoms with van der Waals surface area (Å²) in [4.78, 5) is 16.9. The van der Waals surface area contributed by atoms with Crippen molar-refractivity contribution < 1.29 is 4.79 Å². The minimum absolute atomic E-state index is 0.143. The van der Waals surface area contributed by atoms with Gasteiger partial charge in [0.25, 0.3) is 5.91 Å². The van der Waals surface area contributed by atoms with Crippen molar-refractivity contribution in [2.24, 2.45) is 0 Å². The maximum Gasteiger partial charge on any atom is 0.254 e. The molecule has 0 saturated heterocycles. The fraction of sp³-hybridized carbons (Fsp3) is 0.182. The molecule has 4 heteroatoms. The normalized spacial score (nSPS) is 10.4. The number of aromatic nitrogens is 1. The van der Waals surface area contributed by atoms with Gasteiger partial charge in [0, 0.05) is 19.2 Å². The monoisotopic (exact) mass is 345 g/mol. The Labute approximate surface area is 154 Å². The number of anilines is 1. The lowest BCUT2D eigenvalue weighted by atomic mass is 10.1. The highest BCUT2D eigenvalue weighted by Crippen LogP contribution is 2.22. The van der Waals surface area contributed by atoms with Crippen LogP contribution < -0.4 is 10.6 Å². The topological polar surface area (TPSA) is 54.0 Å². The summed E-state index contributed by atoms with van der Waals surface area (Å²) in [6, 6.07) is 22.1. The smallest absolute Gasteiger partial charge is 0.254 e. The SMILES string of the molecule is CNC(=O)c1ccc(-c2ccccc2)nc1NCCc1cccc(C)c1. The molecule has 0 bridgehead atoms. The van der Waals surface area contributed by atoms with Crippen molar-refractivity contribution in [3.05, 3.63) is 83.4 Å². The predicted octanol–water partition coefficient (Wildman–Crippen LogP) is 4.07. The van der Waals surface area contributed by atoms with E-state index in [0.717, 1.165) is 17.7 Å². The van der Waals surface area contributed by atoms with Gasteiger partial charge in [-0.15, -0.1) is 0 Å². The van der Waals surface area contributed by atoms with Crippen molar-refractivity contribution in [1.29, 1.82) is 0 Å². The van der Waals surface area contributed by atoms with Gasteiger partial charge in [0.15, 0.2) is 0 Å². The number of rotatable bonds is 6. The molecule has 0 spiro atoms. The Morgan fingerprint density at radius 3 is 2.54 bits per heavy atom.